The first-order chi connectivity index (χ1) is 8.70. The summed E-state index contributed by atoms with van der Waals surface area (Å²) < 4.78 is 5.29. The summed E-state index contributed by atoms with van der Waals surface area (Å²) in [6.07, 6.45) is 3.80. The van der Waals surface area contributed by atoms with Crippen LogP contribution < -0.4 is 14.7 Å². The lowest BCUT2D eigenvalue weighted by Gasteiger charge is -2.24. The Morgan fingerprint density at radius 1 is 1.33 bits per heavy atom. The number of quaternary nitrogens is 1. The van der Waals surface area contributed by atoms with Crippen molar-refractivity contribution in [1.82, 2.24) is 0 Å². The molecular formula is C14H19NO3. The van der Waals surface area contributed by atoms with Crippen molar-refractivity contribution in [1.29, 1.82) is 0 Å². The lowest BCUT2D eigenvalue weighted by atomic mass is 10.1. The maximum Gasteiger partial charge on any atom is 0.127 e. The number of ether oxygens (including phenoxy) is 1. The number of benzene rings is 1. The summed E-state index contributed by atoms with van der Waals surface area (Å²) in [4.78, 5) is 12.4. The Morgan fingerprint density at radius 2 is 2.06 bits per heavy atom. The maximum absolute atomic E-state index is 10.9. The smallest absolute Gasteiger partial charge is 0.127 e. The van der Waals surface area contributed by atoms with Crippen LogP contribution in [0.4, 0.5) is 0 Å². The number of carboxylic acid groups (broad SMARTS) is 1. The number of carbonyl (C=O) groups is 1. The highest BCUT2D eigenvalue weighted by molar-refractivity contribution is 5.86. The molecule has 0 amide bonds. The van der Waals surface area contributed by atoms with E-state index >= 15 is 0 Å². The third-order valence-electron chi connectivity index (χ3n) is 3.52. The Hall–Kier alpha value is -1.55. The van der Waals surface area contributed by atoms with E-state index in [1.807, 2.05) is 0 Å². The van der Waals surface area contributed by atoms with E-state index < -0.39 is 5.97 Å². The van der Waals surface area contributed by atoms with Gasteiger partial charge in [0.15, 0.2) is 0 Å². The fourth-order valence-corrected chi connectivity index (χ4v) is 2.54. The third-order valence-corrected chi connectivity index (χ3v) is 3.52. The summed E-state index contributed by atoms with van der Waals surface area (Å²) in [6.45, 7) is 3.13. The van der Waals surface area contributed by atoms with Gasteiger partial charge in [-0.1, -0.05) is 0 Å². The van der Waals surface area contributed by atoms with Crippen molar-refractivity contribution >= 4 is 5.97 Å². The summed E-state index contributed by atoms with van der Waals surface area (Å²) in [5.41, 5.74) is 1.18. The van der Waals surface area contributed by atoms with Gasteiger partial charge < -0.3 is 19.5 Å². The minimum absolute atomic E-state index is 0.224. The van der Waals surface area contributed by atoms with Gasteiger partial charge in [-0.2, -0.15) is 0 Å². The van der Waals surface area contributed by atoms with Gasteiger partial charge in [0.2, 0.25) is 0 Å². The number of aromatic carboxylic acids is 1. The van der Waals surface area contributed by atoms with Crippen molar-refractivity contribution in [2.24, 2.45) is 0 Å². The Labute approximate surface area is 107 Å². The molecule has 0 atom stereocenters. The van der Waals surface area contributed by atoms with E-state index in [0.717, 1.165) is 30.9 Å². The Bertz CT molecular complexity index is 425. The first-order valence-electron chi connectivity index (χ1n) is 6.42. The van der Waals surface area contributed by atoms with E-state index in [-0.39, 0.29) is 5.56 Å². The Morgan fingerprint density at radius 3 is 2.67 bits per heavy atom. The second-order valence-electron chi connectivity index (χ2n) is 4.80. The summed E-state index contributed by atoms with van der Waals surface area (Å²) in [6, 6.07) is 4.92. The normalized spacial score (nSPS) is 16.5. The summed E-state index contributed by atoms with van der Waals surface area (Å²) in [7, 11) is 1.61. The lowest BCUT2D eigenvalue weighted by molar-refractivity contribution is -0.918. The van der Waals surface area contributed by atoms with Gasteiger partial charge in [0, 0.05) is 5.56 Å². The molecule has 0 aromatic heterocycles. The highest BCUT2D eigenvalue weighted by Crippen LogP contribution is 2.19. The van der Waals surface area contributed by atoms with Crippen LogP contribution in [0.5, 0.6) is 5.75 Å². The first-order valence-corrected chi connectivity index (χ1v) is 6.42. The average molecular weight is 249 g/mol. The molecule has 4 nitrogen and oxygen atoms in total. The fraction of sp³-hybridized carbons (Fsp3) is 0.500. The van der Waals surface area contributed by atoms with Gasteiger partial charge in [-0.15, -0.1) is 0 Å². The molecule has 2 rings (SSSR count). The number of nitrogens with one attached hydrogen (secondary N) is 1. The van der Waals surface area contributed by atoms with Crippen molar-refractivity contribution in [2.75, 3.05) is 20.2 Å². The van der Waals surface area contributed by atoms with Crippen LogP contribution in [0.2, 0.25) is 0 Å². The molecule has 18 heavy (non-hydrogen) atoms. The molecule has 0 radical (unpaired) electrons. The number of hydrogen-bond donors (Lipinski definition) is 1. The number of carbonyl (C=O) groups excluding carboxylic acids is 1. The van der Waals surface area contributed by atoms with Gasteiger partial charge in [0.25, 0.3) is 0 Å². The quantitative estimate of drug-likeness (QED) is 0.792. The van der Waals surface area contributed by atoms with Crippen LogP contribution in [0.15, 0.2) is 18.2 Å². The summed E-state index contributed by atoms with van der Waals surface area (Å²) in [5, 5.41) is 10.9. The molecule has 1 aliphatic rings. The van der Waals surface area contributed by atoms with Gasteiger partial charge in [-0.3, -0.25) is 0 Å². The molecule has 1 fully saturated rings. The van der Waals surface area contributed by atoms with Crippen molar-refractivity contribution in [3.63, 3.8) is 0 Å². The molecule has 1 saturated heterocycles. The molecule has 0 unspecified atom stereocenters. The maximum atomic E-state index is 10.9. The molecule has 0 aliphatic carbocycles. The van der Waals surface area contributed by atoms with E-state index in [2.05, 4.69) is 0 Å². The van der Waals surface area contributed by atoms with E-state index in [1.165, 1.54) is 30.2 Å². The van der Waals surface area contributed by atoms with Crippen molar-refractivity contribution < 1.29 is 19.5 Å². The number of likely N-dealkylation sites (tertiary alicyclic amines) is 1. The number of carboxylic acids is 1. The lowest BCUT2D eigenvalue weighted by Crippen LogP contribution is -3.11. The van der Waals surface area contributed by atoms with Gasteiger partial charge in [0.1, 0.15) is 12.3 Å². The van der Waals surface area contributed by atoms with Crippen LogP contribution in [0.3, 0.4) is 0 Å². The second-order valence-corrected chi connectivity index (χ2v) is 4.80. The topological polar surface area (TPSA) is 53.8 Å². The first kappa shape index (κ1) is 12.9. The monoisotopic (exact) mass is 249 g/mol. The Balaban J connectivity index is 2.17. The number of rotatable bonds is 4. The largest absolute Gasteiger partial charge is 0.545 e. The van der Waals surface area contributed by atoms with Gasteiger partial charge >= 0.3 is 0 Å². The SMILES string of the molecule is COc1ccc(C(=O)[O-])cc1C[NH+]1CCCCC1. The minimum Gasteiger partial charge on any atom is -0.545 e. The molecule has 4 heteroatoms. The second kappa shape index (κ2) is 5.87. The number of hydrogen-bond acceptors (Lipinski definition) is 3. The van der Waals surface area contributed by atoms with E-state index in [1.54, 1.807) is 19.2 Å². The summed E-state index contributed by atoms with van der Waals surface area (Å²) >= 11 is 0. The van der Waals surface area contributed by atoms with Gasteiger partial charge in [-0.25, -0.2) is 0 Å². The highest BCUT2D eigenvalue weighted by atomic mass is 16.5. The van der Waals surface area contributed by atoms with Crippen LogP contribution in [0.25, 0.3) is 0 Å². The fourth-order valence-electron chi connectivity index (χ4n) is 2.54. The average Bonchev–Trinajstić information content (AvgIpc) is 2.39. The zero-order valence-corrected chi connectivity index (χ0v) is 10.7. The van der Waals surface area contributed by atoms with Crippen molar-refractivity contribution in [3.05, 3.63) is 29.3 Å². The molecule has 1 aromatic carbocycles. The van der Waals surface area contributed by atoms with Crippen LogP contribution in [0, 0.1) is 0 Å². The van der Waals surface area contributed by atoms with E-state index in [4.69, 9.17) is 4.74 Å². The van der Waals surface area contributed by atoms with Gasteiger partial charge in [0.05, 0.1) is 26.2 Å². The van der Waals surface area contributed by atoms with Crippen molar-refractivity contribution in [2.45, 2.75) is 25.8 Å². The van der Waals surface area contributed by atoms with Gasteiger partial charge in [-0.05, 0) is 43.0 Å². The highest BCUT2D eigenvalue weighted by Gasteiger charge is 2.16. The number of methoxy groups -OCH3 is 1. The standard InChI is InChI=1S/C14H19NO3/c1-18-13-6-5-11(14(16)17)9-12(13)10-15-7-3-2-4-8-15/h5-6,9H,2-4,7-8,10H2,1H3,(H,16,17). The molecular weight excluding hydrogens is 230 g/mol. The molecule has 1 aliphatic heterocycles. The zero-order valence-electron chi connectivity index (χ0n) is 10.7. The van der Waals surface area contributed by atoms with Crippen LogP contribution in [-0.4, -0.2) is 26.2 Å². The van der Waals surface area contributed by atoms with Crippen LogP contribution in [0.1, 0.15) is 35.2 Å². The number of piperidine rings is 1. The summed E-state index contributed by atoms with van der Waals surface area (Å²) in [5.74, 6) is -0.370. The molecule has 0 spiro atoms. The molecule has 1 aromatic rings. The minimum atomic E-state index is -1.13. The van der Waals surface area contributed by atoms with Crippen molar-refractivity contribution in [3.8, 4) is 5.75 Å². The van der Waals surface area contributed by atoms with Crippen LogP contribution in [-0.2, 0) is 6.54 Å². The zero-order chi connectivity index (χ0) is 13.0. The Kier molecular flexibility index (Phi) is 4.20. The van der Waals surface area contributed by atoms with E-state index in [9.17, 15) is 9.90 Å². The molecule has 0 bridgehead atoms. The van der Waals surface area contributed by atoms with E-state index in [0.29, 0.717) is 0 Å². The predicted molar refractivity (Wildman–Crippen MR) is 65.6 cm³/mol. The third kappa shape index (κ3) is 3.01. The molecule has 1 heterocycles. The predicted octanol–water partition coefficient (Wildman–Crippen LogP) is -0.372. The molecule has 1 N–H and O–H groups in total. The molecule has 0 saturated carbocycles. The molecule has 98 valence electrons. The van der Waals surface area contributed by atoms with Crippen LogP contribution >= 0.6 is 0 Å².